The maximum atomic E-state index is 11.1. The van der Waals surface area contributed by atoms with Gasteiger partial charge in [0.2, 0.25) is 0 Å². The van der Waals surface area contributed by atoms with Crippen LogP contribution < -0.4 is 0 Å². The van der Waals surface area contributed by atoms with Crippen molar-refractivity contribution in [3.05, 3.63) is 30.2 Å². The molecule has 0 radical (unpaired) electrons. The lowest BCUT2D eigenvalue weighted by molar-refractivity contribution is 0.111. The summed E-state index contributed by atoms with van der Waals surface area (Å²) in [5, 5.41) is 8.03. The van der Waals surface area contributed by atoms with Crippen molar-refractivity contribution < 1.29 is 4.79 Å². The standard InChI is InChI=1S/C15H20N4O/c1-2-3-4-5-6-10-19-15(14(12-20)17-18-19)13-8-7-9-16-11-13/h7-9,11-12H,2-6,10H2,1H3. The van der Waals surface area contributed by atoms with Crippen LogP contribution in [0.1, 0.15) is 49.5 Å². The molecule has 0 atom stereocenters. The zero-order valence-corrected chi connectivity index (χ0v) is 11.8. The van der Waals surface area contributed by atoms with Crippen molar-refractivity contribution in [3.8, 4) is 11.3 Å². The fourth-order valence-corrected chi connectivity index (χ4v) is 2.23. The van der Waals surface area contributed by atoms with E-state index >= 15 is 0 Å². The molecule has 0 aromatic carbocycles. The molecule has 2 aromatic rings. The van der Waals surface area contributed by atoms with Crippen LogP contribution in [0.25, 0.3) is 11.3 Å². The summed E-state index contributed by atoms with van der Waals surface area (Å²) in [4.78, 5) is 15.2. The summed E-state index contributed by atoms with van der Waals surface area (Å²) < 4.78 is 1.81. The lowest BCUT2D eigenvalue weighted by Crippen LogP contribution is -2.03. The van der Waals surface area contributed by atoms with Crippen molar-refractivity contribution in [1.29, 1.82) is 0 Å². The summed E-state index contributed by atoms with van der Waals surface area (Å²) in [6.45, 7) is 2.99. The first kappa shape index (κ1) is 14.4. The van der Waals surface area contributed by atoms with Crippen molar-refractivity contribution in [1.82, 2.24) is 20.0 Å². The molecule has 0 aliphatic heterocycles. The Kier molecular flexibility index (Phi) is 5.41. The first-order chi connectivity index (χ1) is 9.86. The molecule has 2 aromatic heterocycles. The van der Waals surface area contributed by atoms with Crippen LogP contribution in [0.5, 0.6) is 0 Å². The molecule has 0 aliphatic carbocycles. The Morgan fingerprint density at radius 3 is 2.80 bits per heavy atom. The minimum atomic E-state index is 0.381. The Bertz CT molecular complexity index is 536. The quantitative estimate of drug-likeness (QED) is 0.547. The van der Waals surface area contributed by atoms with Crippen molar-refractivity contribution in [2.75, 3.05) is 0 Å². The molecule has 2 heterocycles. The number of hydrogen-bond donors (Lipinski definition) is 0. The van der Waals surface area contributed by atoms with E-state index in [1.165, 1.54) is 25.7 Å². The Balaban J connectivity index is 2.10. The van der Waals surface area contributed by atoms with Gasteiger partial charge in [0.25, 0.3) is 0 Å². The van der Waals surface area contributed by atoms with Crippen LogP contribution in [-0.2, 0) is 6.54 Å². The molecule has 0 spiro atoms. The van der Waals surface area contributed by atoms with Crippen molar-refractivity contribution in [2.45, 2.75) is 45.6 Å². The topological polar surface area (TPSA) is 60.7 Å². The van der Waals surface area contributed by atoms with Gasteiger partial charge in [0.15, 0.2) is 12.0 Å². The van der Waals surface area contributed by atoms with Gasteiger partial charge in [-0.2, -0.15) is 0 Å². The summed E-state index contributed by atoms with van der Waals surface area (Å²) in [5.41, 5.74) is 2.03. The van der Waals surface area contributed by atoms with Gasteiger partial charge >= 0.3 is 0 Å². The van der Waals surface area contributed by atoms with E-state index in [-0.39, 0.29) is 0 Å². The van der Waals surface area contributed by atoms with Gasteiger partial charge in [-0.1, -0.05) is 37.8 Å². The number of unbranched alkanes of at least 4 members (excludes halogenated alkanes) is 4. The van der Waals surface area contributed by atoms with E-state index in [9.17, 15) is 4.79 Å². The van der Waals surface area contributed by atoms with Gasteiger partial charge in [-0.05, 0) is 18.6 Å². The summed E-state index contributed by atoms with van der Waals surface area (Å²) in [7, 11) is 0. The van der Waals surface area contributed by atoms with E-state index in [0.717, 1.165) is 30.5 Å². The minimum Gasteiger partial charge on any atom is -0.296 e. The maximum Gasteiger partial charge on any atom is 0.172 e. The molecule has 20 heavy (non-hydrogen) atoms. The van der Waals surface area contributed by atoms with Gasteiger partial charge < -0.3 is 0 Å². The van der Waals surface area contributed by atoms with E-state index < -0.39 is 0 Å². The summed E-state index contributed by atoms with van der Waals surface area (Å²) in [5.74, 6) is 0. The second-order valence-electron chi connectivity index (χ2n) is 4.82. The molecule has 0 aliphatic rings. The van der Waals surface area contributed by atoms with Crippen LogP contribution in [0.15, 0.2) is 24.5 Å². The molecule has 0 fully saturated rings. The number of pyridine rings is 1. The Morgan fingerprint density at radius 2 is 2.10 bits per heavy atom. The Hall–Kier alpha value is -2.04. The molecule has 0 amide bonds. The average Bonchev–Trinajstić information content (AvgIpc) is 2.91. The van der Waals surface area contributed by atoms with Gasteiger partial charge in [-0.3, -0.25) is 9.78 Å². The molecule has 2 rings (SSSR count). The van der Waals surface area contributed by atoms with E-state index in [0.29, 0.717) is 5.69 Å². The smallest absolute Gasteiger partial charge is 0.172 e. The molecule has 0 saturated heterocycles. The largest absolute Gasteiger partial charge is 0.296 e. The van der Waals surface area contributed by atoms with Crippen LogP contribution in [0.4, 0.5) is 0 Å². The van der Waals surface area contributed by atoms with Gasteiger partial charge in [0.1, 0.15) is 5.69 Å². The van der Waals surface area contributed by atoms with E-state index in [1.807, 2.05) is 16.8 Å². The molecular weight excluding hydrogens is 252 g/mol. The van der Waals surface area contributed by atoms with Crippen molar-refractivity contribution in [2.24, 2.45) is 0 Å². The lowest BCUT2D eigenvalue weighted by Gasteiger charge is -2.06. The number of aromatic nitrogens is 4. The zero-order valence-electron chi connectivity index (χ0n) is 11.8. The van der Waals surface area contributed by atoms with Crippen molar-refractivity contribution in [3.63, 3.8) is 0 Å². The molecule has 0 N–H and O–H groups in total. The van der Waals surface area contributed by atoms with Gasteiger partial charge in [0.05, 0.1) is 0 Å². The normalized spacial score (nSPS) is 10.7. The molecule has 0 bridgehead atoms. The first-order valence-corrected chi connectivity index (χ1v) is 7.16. The fourth-order valence-electron chi connectivity index (χ4n) is 2.23. The molecule has 5 heteroatoms. The Morgan fingerprint density at radius 1 is 1.25 bits per heavy atom. The highest BCUT2D eigenvalue weighted by molar-refractivity contribution is 5.82. The second-order valence-corrected chi connectivity index (χ2v) is 4.82. The minimum absolute atomic E-state index is 0.381. The van der Waals surface area contributed by atoms with Crippen LogP contribution >= 0.6 is 0 Å². The molecule has 0 saturated carbocycles. The van der Waals surface area contributed by atoms with Gasteiger partial charge in [-0.25, -0.2) is 4.68 Å². The Labute approximate surface area is 119 Å². The van der Waals surface area contributed by atoms with Crippen molar-refractivity contribution >= 4 is 6.29 Å². The molecule has 0 unspecified atom stereocenters. The molecular formula is C15H20N4O. The third-order valence-electron chi connectivity index (χ3n) is 3.28. The fraction of sp³-hybridized carbons (Fsp3) is 0.467. The number of aryl methyl sites for hydroxylation is 1. The maximum absolute atomic E-state index is 11.1. The van der Waals surface area contributed by atoms with E-state index in [1.54, 1.807) is 12.4 Å². The first-order valence-electron chi connectivity index (χ1n) is 7.16. The third kappa shape index (κ3) is 3.50. The number of carbonyl (C=O) groups excluding carboxylic acids is 1. The number of rotatable bonds is 8. The number of carbonyl (C=O) groups is 1. The average molecular weight is 272 g/mol. The lowest BCUT2D eigenvalue weighted by atomic mass is 10.1. The number of nitrogens with zero attached hydrogens (tertiary/aromatic N) is 4. The summed E-state index contributed by atoms with van der Waals surface area (Å²) in [6, 6.07) is 3.77. The van der Waals surface area contributed by atoms with Crippen LogP contribution in [0.3, 0.4) is 0 Å². The number of hydrogen-bond acceptors (Lipinski definition) is 4. The van der Waals surface area contributed by atoms with Crippen LogP contribution in [-0.4, -0.2) is 26.3 Å². The van der Waals surface area contributed by atoms with Gasteiger partial charge in [-0.15, -0.1) is 5.10 Å². The van der Waals surface area contributed by atoms with E-state index in [2.05, 4.69) is 22.2 Å². The highest BCUT2D eigenvalue weighted by Gasteiger charge is 2.14. The van der Waals surface area contributed by atoms with Gasteiger partial charge in [0, 0.05) is 24.5 Å². The molecule has 5 nitrogen and oxygen atoms in total. The SMILES string of the molecule is CCCCCCCn1nnc(C=O)c1-c1cccnc1. The third-order valence-corrected chi connectivity index (χ3v) is 3.28. The molecule has 106 valence electrons. The highest BCUT2D eigenvalue weighted by Crippen LogP contribution is 2.20. The van der Waals surface area contributed by atoms with Crippen LogP contribution in [0, 0.1) is 0 Å². The predicted molar refractivity (Wildman–Crippen MR) is 77.4 cm³/mol. The zero-order chi connectivity index (χ0) is 14.2. The summed E-state index contributed by atoms with van der Waals surface area (Å²) >= 11 is 0. The van der Waals surface area contributed by atoms with Crippen LogP contribution in [0.2, 0.25) is 0 Å². The summed E-state index contributed by atoms with van der Waals surface area (Å²) in [6.07, 6.45) is 10.2. The monoisotopic (exact) mass is 272 g/mol. The highest BCUT2D eigenvalue weighted by atomic mass is 16.1. The predicted octanol–water partition coefficient (Wildman–Crippen LogP) is 3.12. The number of aldehydes is 1. The van der Waals surface area contributed by atoms with E-state index in [4.69, 9.17) is 0 Å². The second kappa shape index (κ2) is 7.53.